The molecule has 3 heterocycles. The molecule has 35 heavy (non-hydrogen) atoms. The molecule has 1 aliphatic heterocycles. The fourth-order valence-corrected chi connectivity index (χ4v) is 4.82. The van der Waals surface area contributed by atoms with Gasteiger partial charge in [-0.15, -0.1) is 0 Å². The Morgan fingerprint density at radius 2 is 1.94 bits per heavy atom. The molecule has 8 nitrogen and oxygen atoms in total. The molecule has 1 amide bonds. The van der Waals surface area contributed by atoms with E-state index in [9.17, 15) is 4.79 Å². The Balaban J connectivity index is 1.75. The molecule has 0 radical (unpaired) electrons. The Morgan fingerprint density at radius 1 is 1.20 bits per heavy atom. The third-order valence-corrected chi connectivity index (χ3v) is 6.52. The number of amides is 1. The third kappa shape index (κ3) is 5.17. The zero-order valence-electron chi connectivity index (χ0n) is 21.5. The van der Waals surface area contributed by atoms with Crippen LogP contribution < -0.4 is 9.80 Å². The van der Waals surface area contributed by atoms with Gasteiger partial charge < -0.3 is 19.4 Å². The van der Waals surface area contributed by atoms with Gasteiger partial charge in [0.25, 0.3) is 0 Å². The van der Waals surface area contributed by atoms with Gasteiger partial charge in [-0.05, 0) is 59.7 Å². The average molecular weight is 499 g/mol. The third-order valence-electron chi connectivity index (χ3n) is 6.28. The number of hydrogen-bond acceptors (Lipinski definition) is 6. The molecule has 1 fully saturated rings. The number of carbonyl (C=O) groups is 1. The monoisotopic (exact) mass is 498 g/mol. The summed E-state index contributed by atoms with van der Waals surface area (Å²) in [5, 5.41) is 1.68. The van der Waals surface area contributed by atoms with Gasteiger partial charge >= 0.3 is 6.09 Å². The molecular weight excluding hydrogens is 464 g/mol. The van der Waals surface area contributed by atoms with Crippen molar-refractivity contribution in [1.29, 1.82) is 0 Å². The Kier molecular flexibility index (Phi) is 7.12. The summed E-state index contributed by atoms with van der Waals surface area (Å²) >= 11 is 6.31. The van der Waals surface area contributed by atoms with Crippen LogP contribution in [0.2, 0.25) is 5.02 Å². The number of nitrogens with zero attached hydrogens (tertiary/aromatic N) is 6. The molecule has 1 aliphatic rings. The highest BCUT2D eigenvalue weighted by Gasteiger charge is 2.32. The van der Waals surface area contributed by atoms with E-state index in [0.29, 0.717) is 24.7 Å². The van der Waals surface area contributed by atoms with Crippen LogP contribution in [0.3, 0.4) is 0 Å². The number of aromatic nitrogens is 3. The van der Waals surface area contributed by atoms with E-state index in [2.05, 4.69) is 41.3 Å². The summed E-state index contributed by atoms with van der Waals surface area (Å²) < 4.78 is 7.69. The lowest BCUT2D eigenvalue weighted by Crippen LogP contribution is -2.54. The predicted octanol–water partition coefficient (Wildman–Crippen LogP) is 5.37. The molecule has 188 valence electrons. The standard InChI is InChI=1S/C26H35ClN6O2/c1-7-30(8-2)21-16-33(20-11-9-10-19(27)14-20)24-22(21)23(28-17-29-24)32-13-12-31(15-18(32)3)25(34)35-26(4,5)6/h9-11,14,16-18H,7-8,12-13,15H2,1-6H3/t18-/m0/s1. The summed E-state index contributed by atoms with van der Waals surface area (Å²) in [4.78, 5) is 28.5. The molecule has 0 unspecified atom stereocenters. The van der Waals surface area contributed by atoms with Gasteiger partial charge in [-0.2, -0.15) is 0 Å². The van der Waals surface area contributed by atoms with Crippen LogP contribution in [0.4, 0.5) is 16.3 Å². The minimum absolute atomic E-state index is 0.0634. The quantitative estimate of drug-likeness (QED) is 0.471. The van der Waals surface area contributed by atoms with Gasteiger partial charge in [0.15, 0.2) is 5.65 Å². The normalized spacial score (nSPS) is 16.6. The molecule has 0 spiro atoms. The van der Waals surface area contributed by atoms with Crippen molar-refractivity contribution in [2.24, 2.45) is 0 Å². The van der Waals surface area contributed by atoms with E-state index < -0.39 is 5.60 Å². The van der Waals surface area contributed by atoms with E-state index >= 15 is 0 Å². The number of halogens is 1. The van der Waals surface area contributed by atoms with Gasteiger partial charge in [-0.1, -0.05) is 17.7 Å². The minimum Gasteiger partial charge on any atom is -0.444 e. The van der Waals surface area contributed by atoms with Crippen molar-refractivity contribution >= 4 is 40.2 Å². The van der Waals surface area contributed by atoms with Crippen LogP contribution in [-0.4, -0.2) is 69.9 Å². The Bertz CT molecular complexity index is 1200. The van der Waals surface area contributed by atoms with Crippen LogP contribution in [0, 0.1) is 0 Å². The average Bonchev–Trinajstić information content (AvgIpc) is 3.19. The molecule has 1 saturated heterocycles. The van der Waals surface area contributed by atoms with Crippen LogP contribution in [0.25, 0.3) is 16.7 Å². The lowest BCUT2D eigenvalue weighted by atomic mass is 10.1. The maximum absolute atomic E-state index is 12.7. The number of rotatable bonds is 5. The number of ether oxygens (including phenoxy) is 1. The summed E-state index contributed by atoms with van der Waals surface area (Å²) in [5.41, 5.74) is 2.36. The maximum Gasteiger partial charge on any atom is 0.410 e. The minimum atomic E-state index is -0.516. The van der Waals surface area contributed by atoms with Crippen molar-refractivity contribution in [3.63, 3.8) is 0 Å². The smallest absolute Gasteiger partial charge is 0.410 e. The molecule has 2 aromatic heterocycles. The summed E-state index contributed by atoms with van der Waals surface area (Å²) in [6, 6.07) is 7.85. The lowest BCUT2D eigenvalue weighted by Gasteiger charge is -2.41. The highest BCUT2D eigenvalue weighted by Crippen LogP contribution is 2.37. The molecule has 9 heteroatoms. The number of fused-ring (bicyclic) bond motifs is 1. The van der Waals surface area contributed by atoms with E-state index in [1.54, 1.807) is 11.2 Å². The summed E-state index contributed by atoms with van der Waals surface area (Å²) in [6.45, 7) is 15.6. The molecule has 1 aromatic carbocycles. The second-order valence-corrected chi connectivity index (χ2v) is 10.3. The highest BCUT2D eigenvalue weighted by molar-refractivity contribution is 6.30. The molecule has 0 bridgehead atoms. The van der Waals surface area contributed by atoms with Crippen molar-refractivity contribution in [3.8, 4) is 5.69 Å². The van der Waals surface area contributed by atoms with E-state index in [1.165, 1.54) is 0 Å². The molecule has 1 atom stereocenters. The van der Waals surface area contributed by atoms with Gasteiger partial charge in [0.1, 0.15) is 17.7 Å². The van der Waals surface area contributed by atoms with Crippen LogP contribution in [0.5, 0.6) is 0 Å². The zero-order valence-corrected chi connectivity index (χ0v) is 22.2. The number of hydrogen-bond donors (Lipinski definition) is 0. The number of piperazine rings is 1. The molecule has 0 N–H and O–H groups in total. The van der Waals surface area contributed by atoms with Crippen LogP contribution in [0.1, 0.15) is 41.5 Å². The number of benzene rings is 1. The first kappa shape index (κ1) is 25.1. The number of carbonyl (C=O) groups excluding carboxylic acids is 1. The van der Waals surface area contributed by atoms with Gasteiger partial charge in [0.05, 0.1) is 11.1 Å². The second kappa shape index (κ2) is 9.93. The largest absolute Gasteiger partial charge is 0.444 e. The topological polar surface area (TPSA) is 66.7 Å². The molecule has 0 aliphatic carbocycles. The van der Waals surface area contributed by atoms with E-state index in [-0.39, 0.29) is 12.1 Å². The Morgan fingerprint density at radius 3 is 2.57 bits per heavy atom. The SMILES string of the molecule is CCN(CC)c1cn(-c2cccc(Cl)c2)c2ncnc(N3CCN(C(=O)OC(C)(C)C)C[C@@H]3C)c12. The van der Waals surface area contributed by atoms with Crippen molar-refractivity contribution in [2.45, 2.75) is 53.2 Å². The fraction of sp³-hybridized carbons (Fsp3) is 0.500. The fourth-order valence-electron chi connectivity index (χ4n) is 4.64. The van der Waals surface area contributed by atoms with Crippen molar-refractivity contribution in [1.82, 2.24) is 19.4 Å². The number of anilines is 2. The molecule has 0 saturated carbocycles. The first-order valence-electron chi connectivity index (χ1n) is 12.2. The van der Waals surface area contributed by atoms with Crippen molar-refractivity contribution in [3.05, 3.63) is 41.8 Å². The molecule has 4 rings (SSSR count). The molecule has 3 aromatic rings. The molecular formula is C26H35ClN6O2. The maximum atomic E-state index is 12.7. The summed E-state index contributed by atoms with van der Waals surface area (Å²) in [7, 11) is 0. The lowest BCUT2D eigenvalue weighted by molar-refractivity contribution is 0.0218. The van der Waals surface area contributed by atoms with Gasteiger partial charge in [-0.25, -0.2) is 14.8 Å². The van der Waals surface area contributed by atoms with E-state index in [1.807, 2.05) is 45.0 Å². The zero-order chi connectivity index (χ0) is 25.3. The first-order valence-corrected chi connectivity index (χ1v) is 12.6. The van der Waals surface area contributed by atoms with E-state index in [0.717, 1.165) is 41.3 Å². The summed E-state index contributed by atoms with van der Waals surface area (Å²) in [5.74, 6) is 0.883. The summed E-state index contributed by atoms with van der Waals surface area (Å²) in [6.07, 6.45) is 3.48. The Labute approximate surface area is 212 Å². The highest BCUT2D eigenvalue weighted by atomic mass is 35.5. The first-order chi connectivity index (χ1) is 16.6. The second-order valence-electron chi connectivity index (χ2n) is 9.90. The van der Waals surface area contributed by atoms with Crippen LogP contribution >= 0.6 is 11.6 Å². The van der Waals surface area contributed by atoms with E-state index in [4.69, 9.17) is 26.3 Å². The van der Waals surface area contributed by atoms with Gasteiger partial charge in [0.2, 0.25) is 0 Å². The van der Waals surface area contributed by atoms with Gasteiger partial charge in [0, 0.05) is 55.7 Å². The van der Waals surface area contributed by atoms with Crippen molar-refractivity contribution < 1.29 is 9.53 Å². The van der Waals surface area contributed by atoms with Crippen LogP contribution in [0.15, 0.2) is 36.8 Å². The van der Waals surface area contributed by atoms with Crippen LogP contribution in [-0.2, 0) is 4.74 Å². The predicted molar refractivity (Wildman–Crippen MR) is 142 cm³/mol. The van der Waals surface area contributed by atoms with Crippen molar-refractivity contribution in [2.75, 3.05) is 42.5 Å². The Hall–Kier alpha value is -3.00. The van der Waals surface area contributed by atoms with Gasteiger partial charge in [-0.3, -0.25) is 4.57 Å².